The summed E-state index contributed by atoms with van der Waals surface area (Å²) in [6, 6.07) is 8.11. The molecule has 0 aromatic heterocycles. The molecule has 4 nitrogen and oxygen atoms in total. The second-order valence-electron chi connectivity index (χ2n) is 5.33. The van der Waals surface area contributed by atoms with Gasteiger partial charge in [0.15, 0.2) is 0 Å². The molecular formula is C16H27ClN2O2. The number of carbonyl (C=O) groups is 1. The minimum Gasteiger partial charge on any atom is -0.385 e. The highest BCUT2D eigenvalue weighted by Gasteiger charge is 2.08. The largest absolute Gasteiger partial charge is 0.385 e. The standard InChI is InChI=1S/C16H26N2O2.ClH/c1-12(2)13-6-8-14(9-7-13)15(17)11-18-16(19)5-4-10-20-3;/h6-9,12,15H,4-5,10-11,17H2,1-3H3,(H,18,19);1H. The monoisotopic (exact) mass is 314 g/mol. The lowest BCUT2D eigenvalue weighted by Crippen LogP contribution is -2.31. The van der Waals surface area contributed by atoms with Crippen LogP contribution in [0.1, 0.15) is 49.8 Å². The van der Waals surface area contributed by atoms with E-state index in [-0.39, 0.29) is 24.4 Å². The molecule has 0 bridgehead atoms. The molecule has 1 atom stereocenters. The second kappa shape index (κ2) is 10.6. The van der Waals surface area contributed by atoms with Crippen molar-refractivity contribution in [3.63, 3.8) is 0 Å². The third-order valence-electron chi connectivity index (χ3n) is 3.30. The van der Waals surface area contributed by atoms with Gasteiger partial charge in [-0.2, -0.15) is 0 Å². The third-order valence-corrected chi connectivity index (χ3v) is 3.30. The number of hydrogen-bond acceptors (Lipinski definition) is 3. The van der Waals surface area contributed by atoms with E-state index >= 15 is 0 Å². The molecule has 0 saturated carbocycles. The average molecular weight is 315 g/mol. The van der Waals surface area contributed by atoms with Gasteiger partial charge in [-0.15, -0.1) is 12.4 Å². The number of carbonyl (C=O) groups excluding carboxylic acids is 1. The first-order valence-corrected chi connectivity index (χ1v) is 7.15. The molecule has 120 valence electrons. The summed E-state index contributed by atoms with van der Waals surface area (Å²) in [7, 11) is 1.63. The van der Waals surface area contributed by atoms with Crippen molar-refractivity contribution in [2.45, 2.75) is 38.6 Å². The lowest BCUT2D eigenvalue weighted by atomic mass is 9.99. The number of halogens is 1. The zero-order valence-electron chi connectivity index (χ0n) is 13.1. The summed E-state index contributed by atoms with van der Waals surface area (Å²) in [6.07, 6.45) is 1.22. The van der Waals surface area contributed by atoms with E-state index in [1.807, 2.05) is 12.1 Å². The number of methoxy groups -OCH3 is 1. The quantitative estimate of drug-likeness (QED) is 0.725. The van der Waals surface area contributed by atoms with Gasteiger partial charge in [0.05, 0.1) is 0 Å². The van der Waals surface area contributed by atoms with E-state index < -0.39 is 0 Å². The lowest BCUT2D eigenvalue weighted by molar-refractivity contribution is -0.121. The van der Waals surface area contributed by atoms with Crippen LogP contribution in [0.3, 0.4) is 0 Å². The van der Waals surface area contributed by atoms with Crippen molar-refractivity contribution in [1.82, 2.24) is 5.32 Å². The van der Waals surface area contributed by atoms with Gasteiger partial charge in [0, 0.05) is 32.7 Å². The Bertz CT molecular complexity index is 407. The third kappa shape index (κ3) is 7.46. The lowest BCUT2D eigenvalue weighted by Gasteiger charge is -2.14. The van der Waals surface area contributed by atoms with Gasteiger partial charge in [0.1, 0.15) is 0 Å². The van der Waals surface area contributed by atoms with E-state index in [2.05, 4.69) is 31.3 Å². The highest BCUT2D eigenvalue weighted by Crippen LogP contribution is 2.17. The van der Waals surface area contributed by atoms with Crippen LogP contribution in [-0.2, 0) is 9.53 Å². The number of hydrogen-bond donors (Lipinski definition) is 2. The molecule has 1 aromatic carbocycles. The number of benzene rings is 1. The normalized spacial score (nSPS) is 11.9. The molecule has 0 spiro atoms. The fourth-order valence-corrected chi connectivity index (χ4v) is 1.94. The molecule has 0 aliphatic carbocycles. The van der Waals surface area contributed by atoms with Crippen LogP contribution < -0.4 is 11.1 Å². The van der Waals surface area contributed by atoms with Crippen LogP contribution in [0, 0.1) is 0 Å². The van der Waals surface area contributed by atoms with Gasteiger partial charge in [-0.25, -0.2) is 0 Å². The van der Waals surface area contributed by atoms with Gasteiger partial charge in [-0.05, 0) is 23.5 Å². The van der Waals surface area contributed by atoms with Crippen LogP contribution in [0.25, 0.3) is 0 Å². The number of nitrogens with one attached hydrogen (secondary N) is 1. The Kier molecular flexibility index (Phi) is 10.0. The van der Waals surface area contributed by atoms with Gasteiger partial charge < -0.3 is 15.8 Å². The zero-order valence-corrected chi connectivity index (χ0v) is 13.9. The Morgan fingerprint density at radius 2 is 1.81 bits per heavy atom. The maximum Gasteiger partial charge on any atom is 0.220 e. The number of ether oxygens (including phenoxy) is 1. The number of nitrogens with two attached hydrogens (primary N) is 1. The van der Waals surface area contributed by atoms with Crippen molar-refractivity contribution in [3.05, 3.63) is 35.4 Å². The van der Waals surface area contributed by atoms with E-state index in [4.69, 9.17) is 10.5 Å². The summed E-state index contributed by atoms with van der Waals surface area (Å²) in [4.78, 5) is 11.6. The first-order valence-electron chi connectivity index (χ1n) is 7.15. The average Bonchev–Trinajstić information content (AvgIpc) is 2.45. The molecule has 0 aliphatic heterocycles. The SMILES string of the molecule is COCCCC(=O)NCC(N)c1ccc(C(C)C)cc1.Cl. The van der Waals surface area contributed by atoms with Gasteiger partial charge in [-0.1, -0.05) is 38.1 Å². The maximum atomic E-state index is 11.6. The first-order chi connectivity index (χ1) is 9.54. The molecule has 1 unspecified atom stereocenters. The second-order valence-corrected chi connectivity index (χ2v) is 5.33. The van der Waals surface area contributed by atoms with E-state index in [0.717, 1.165) is 12.0 Å². The van der Waals surface area contributed by atoms with Crippen LogP contribution in [0.2, 0.25) is 0 Å². The van der Waals surface area contributed by atoms with Crippen LogP contribution in [0.15, 0.2) is 24.3 Å². The predicted molar refractivity (Wildman–Crippen MR) is 88.8 cm³/mol. The van der Waals surface area contributed by atoms with Gasteiger partial charge in [0.25, 0.3) is 0 Å². The minimum absolute atomic E-state index is 0. The van der Waals surface area contributed by atoms with Crippen LogP contribution in [-0.4, -0.2) is 26.2 Å². The molecule has 1 aromatic rings. The molecule has 1 rings (SSSR count). The Morgan fingerprint density at radius 1 is 1.24 bits per heavy atom. The fourth-order valence-electron chi connectivity index (χ4n) is 1.94. The predicted octanol–water partition coefficient (Wildman–Crippen LogP) is 2.77. The Morgan fingerprint density at radius 3 is 2.33 bits per heavy atom. The molecule has 1 amide bonds. The van der Waals surface area contributed by atoms with E-state index in [0.29, 0.717) is 25.5 Å². The summed E-state index contributed by atoms with van der Waals surface area (Å²) in [5.74, 6) is 0.539. The Labute approximate surface area is 133 Å². The number of amides is 1. The van der Waals surface area contributed by atoms with E-state index in [1.165, 1.54) is 5.56 Å². The van der Waals surface area contributed by atoms with Gasteiger partial charge in [-0.3, -0.25) is 4.79 Å². The Balaban J connectivity index is 0.00000400. The van der Waals surface area contributed by atoms with Gasteiger partial charge in [0.2, 0.25) is 5.91 Å². The smallest absolute Gasteiger partial charge is 0.220 e. The Hall–Kier alpha value is -1.10. The van der Waals surface area contributed by atoms with Gasteiger partial charge >= 0.3 is 0 Å². The molecule has 0 saturated heterocycles. The van der Waals surface area contributed by atoms with Crippen LogP contribution in [0.5, 0.6) is 0 Å². The molecule has 3 N–H and O–H groups in total. The summed E-state index contributed by atoms with van der Waals surface area (Å²) >= 11 is 0. The van der Waals surface area contributed by atoms with Crippen molar-refractivity contribution in [1.29, 1.82) is 0 Å². The maximum absolute atomic E-state index is 11.6. The van der Waals surface area contributed by atoms with Crippen molar-refractivity contribution >= 4 is 18.3 Å². The fraction of sp³-hybridized carbons (Fsp3) is 0.562. The zero-order chi connectivity index (χ0) is 15.0. The molecule has 0 aliphatic rings. The van der Waals surface area contributed by atoms with Crippen molar-refractivity contribution in [2.24, 2.45) is 5.73 Å². The van der Waals surface area contributed by atoms with Crippen LogP contribution >= 0.6 is 12.4 Å². The van der Waals surface area contributed by atoms with E-state index in [9.17, 15) is 4.79 Å². The summed E-state index contributed by atoms with van der Waals surface area (Å²) < 4.78 is 4.91. The van der Waals surface area contributed by atoms with Crippen molar-refractivity contribution < 1.29 is 9.53 Å². The highest BCUT2D eigenvalue weighted by molar-refractivity contribution is 5.85. The minimum atomic E-state index is -0.164. The summed E-state index contributed by atoms with van der Waals surface area (Å²) in [6.45, 7) is 5.40. The molecule has 0 fully saturated rings. The van der Waals surface area contributed by atoms with Crippen LogP contribution in [0.4, 0.5) is 0 Å². The van der Waals surface area contributed by atoms with Crippen molar-refractivity contribution in [2.75, 3.05) is 20.3 Å². The summed E-state index contributed by atoms with van der Waals surface area (Å²) in [5, 5.41) is 2.86. The topological polar surface area (TPSA) is 64.3 Å². The molecule has 0 radical (unpaired) electrons. The highest BCUT2D eigenvalue weighted by atomic mass is 35.5. The number of rotatable bonds is 8. The molecule has 0 heterocycles. The summed E-state index contributed by atoms with van der Waals surface area (Å²) in [5.41, 5.74) is 8.43. The molecule has 5 heteroatoms. The molecule has 21 heavy (non-hydrogen) atoms. The molecular weight excluding hydrogens is 288 g/mol. The first kappa shape index (κ1) is 19.9. The van der Waals surface area contributed by atoms with Crippen molar-refractivity contribution in [3.8, 4) is 0 Å². The van der Waals surface area contributed by atoms with E-state index in [1.54, 1.807) is 7.11 Å².